The molecule has 0 aliphatic rings. The van der Waals surface area contributed by atoms with Gasteiger partial charge in [-0.3, -0.25) is 4.57 Å². The smallest absolute Gasteiger partial charge is 0.168 e. The van der Waals surface area contributed by atoms with Gasteiger partial charge in [0.05, 0.1) is 27.8 Å². The summed E-state index contributed by atoms with van der Waals surface area (Å²) in [6.45, 7) is 0. The number of nitrogens with zero attached hydrogens (tertiary/aromatic N) is 5. The Kier molecular flexibility index (Phi) is 7.50. The highest BCUT2D eigenvalue weighted by molar-refractivity contribution is 6.17. The Morgan fingerprint density at radius 1 is 0.306 bits per heavy atom. The highest BCUT2D eigenvalue weighted by atomic mass is 16.3. The van der Waals surface area contributed by atoms with Crippen molar-refractivity contribution < 1.29 is 4.42 Å². The lowest BCUT2D eigenvalue weighted by molar-refractivity contribution is 0.669. The van der Waals surface area contributed by atoms with Gasteiger partial charge in [-0.1, -0.05) is 146 Å². The molecule has 6 heteroatoms. The number of hydrogen-bond acceptors (Lipinski definition) is 3. The minimum Gasteiger partial charge on any atom is -0.456 e. The van der Waals surface area contributed by atoms with E-state index in [4.69, 9.17) is 14.6 Å². The molecule has 62 heavy (non-hydrogen) atoms. The number of para-hydroxylation sites is 3. The van der Waals surface area contributed by atoms with E-state index in [-0.39, 0.29) is 0 Å². The van der Waals surface area contributed by atoms with Gasteiger partial charge >= 0.3 is 0 Å². The molecule has 290 valence electrons. The maximum absolute atomic E-state index is 6.35. The third kappa shape index (κ3) is 5.17. The van der Waals surface area contributed by atoms with E-state index >= 15 is 0 Å². The summed E-state index contributed by atoms with van der Waals surface area (Å²) in [6, 6.07) is 75.2. The van der Waals surface area contributed by atoms with Gasteiger partial charge in [-0.05, 0) is 77.9 Å². The Bertz CT molecular complexity index is 3810. The van der Waals surface area contributed by atoms with Gasteiger partial charge in [0.2, 0.25) is 0 Å². The van der Waals surface area contributed by atoms with E-state index in [1.807, 2.05) is 24.3 Å². The number of furan rings is 1. The first kappa shape index (κ1) is 34.4. The van der Waals surface area contributed by atoms with Gasteiger partial charge < -0.3 is 13.6 Å². The predicted molar refractivity (Wildman–Crippen MR) is 254 cm³/mol. The number of hydrogen-bond donors (Lipinski definition) is 0. The fourth-order valence-electron chi connectivity index (χ4n) is 9.64. The van der Waals surface area contributed by atoms with Crippen molar-refractivity contribution in [3.63, 3.8) is 0 Å². The van der Waals surface area contributed by atoms with Crippen LogP contribution in [0.3, 0.4) is 0 Å². The predicted octanol–water partition coefficient (Wildman–Crippen LogP) is 14.4. The fraction of sp³-hybridized carbons (Fsp3) is 0. The van der Waals surface area contributed by atoms with Crippen molar-refractivity contribution in [3.8, 4) is 51.0 Å². The fourth-order valence-corrected chi connectivity index (χ4v) is 9.64. The summed E-state index contributed by atoms with van der Waals surface area (Å²) in [5, 5.41) is 16.5. The first-order valence-electron chi connectivity index (χ1n) is 20.9. The van der Waals surface area contributed by atoms with E-state index in [1.165, 1.54) is 10.8 Å². The maximum atomic E-state index is 6.35. The molecule has 0 saturated carbocycles. The molecule has 0 aliphatic heterocycles. The molecular weight excluding hydrogens is 759 g/mol. The third-order valence-electron chi connectivity index (χ3n) is 12.4. The molecule has 13 rings (SSSR count). The van der Waals surface area contributed by atoms with Crippen molar-refractivity contribution in [2.45, 2.75) is 0 Å². The Morgan fingerprint density at radius 3 is 1.50 bits per heavy atom. The first-order chi connectivity index (χ1) is 30.8. The molecule has 0 atom stereocenters. The van der Waals surface area contributed by atoms with Crippen LogP contribution in [0.1, 0.15) is 0 Å². The standard InChI is InChI=1S/C56H35N5O/c1-3-16-36(17-4-1)55-57-58-56(37-18-5-2-6-19-37)61(55)50-30-15-29-49-54(50)44-26-8-11-28-48(44)59(49)40-22-13-20-38(32-40)39-21-14-23-41(33-39)60-47-27-10-7-24-42(47)45-35-53-46(34-51(45)60)43-25-9-12-31-52(43)62-53/h1-35H. The molecule has 13 aromatic rings. The Balaban J connectivity index is 0.987. The van der Waals surface area contributed by atoms with E-state index < -0.39 is 0 Å². The quantitative estimate of drug-likeness (QED) is 0.168. The number of benzene rings is 9. The third-order valence-corrected chi connectivity index (χ3v) is 12.4. The van der Waals surface area contributed by atoms with Crippen molar-refractivity contribution in [3.05, 3.63) is 212 Å². The van der Waals surface area contributed by atoms with Crippen LogP contribution in [0.25, 0.3) is 117 Å². The lowest BCUT2D eigenvalue weighted by Crippen LogP contribution is -2.01. The zero-order valence-corrected chi connectivity index (χ0v) is 33.4. The molecule has 0 aliphatic carbocycles. The van der Waals surface area contributed by atoms with Crippen LogP contribution in [0.15, 0.2) is 217 Å². The summed E-state index contributed by atoms with van der Waals surface area (Å²) in [7, 11) is 0. The molecule has 4 aromatic heterocycles. The number of fused-ring (bicyclic) bond motifs is 9. The second kappa shape index (κ2) is 13.5. The molecule has 0 bridgehead atoms. The average Bonchev–Trinajstić information content (AvgIpc) is 4.11. The Hall–Kier alpha value is -8.48. The maximum Gasteiger partial charge on any atom is 0.168 e. The average molecular weight is 794 g/mol. The normalized spacial score (nSPS) is 11.9. The van der Waals surface area contributed by atoms with Crippen molar-refractivity contribution in [2.75, 3.05) is 0 Å². The molecule has 6 nitrogen and oxygen atoms in total. The van der Waals surface area contributed by atoms with Crippen molar-refractivity contribution in [1.82, 2.24) is 23.9 Å². The summed E-state index contributed by atoms with van der Waals surface area (Å²) in [6.07, 6.45) is 0. The summed E-state index contributed by atoms with van der Waals surface area (Å²) >= 11 is 0. The Labute approximate surface area is 355 Å². The van der Waals surface area contributed by atoms with Crippen LogP contribution >= 0.6 is 0 Å². The highest BCUT2D eigenvalue weighted by Crippen LogP contribution is 2.41. The molecule has 4 heterocycles. The van der Waals surface area contributed by atoms with E-state index in [1.54, 1.807) is 0 Å². The van der Waals surface area contributed by atoms with Gasteiger partial charge in [0, 0.05) is 54.8 Å². The highest BCUT2D eigenvalue weighted by Gasteiger charge is 2.23. The number of rotatable bonds is 6. The van der Waals surface area contributed by atoms with Crippen molar-refractivity contribution >= 4 is 65.6 Å². The zero-order valence-electron chi connectivity index (χ0n) is 33.4. The zero-order chi connectivity index (χ0) is 40.7. The van der Waals surface area contributed by atoms with Gasteiger partial charge in [-0.15, -0.1) is 10.2 Å². The van der Waals surface area contributed by atoms with Crippen LogP contribution in [-0.2, 0) is 0 Å². The van der Waals surface area contributed by atoms with Crippen LogP contribution in [0.5, 0.6) is 0 Å². The lowest BCUT2D eigenvalue weighted by atomic mass is 10.0. The van der Waals surface area contributed by atoms with Gasteiger partial charge in [0.25, 0.3) is 0 Å². The second-order valence-corrected chi connectivity index (χ2v) is 15.9. The molecule has 0 spiro atoms. The Morgan fingerprint density at radius 2 is 0.823 bits per heavy atom. The second-order valence-electron chi connectivity index (χ2n) is 15.9. The van der Waals surface area contributed by atoms with Crippen LogP contribution in [0.4, 0.5) is 0 Å². The van der Waals surface area contributed by atoms with E-state index in [0.717, 1.165) is 106 Å². The first-order valence-corrected chi connectivity index (χ1v) is 20.9. The van der Waals surface area contributed by atoms with Crippen LogP contribution in [0.2, 0.25) is 0 Å². The van der Waals surface area contributed by atoms with Crippen LogP contribution in [-0.4, -0.2) is 23.9 Å². The molecule has 0 saturated heterocycles. The topological polar surface area (TPSA) is 53.7 Å². The monoisotopic (exact) mass is 793 g/mol. The van der Waals surface area contributed by atoms with Crippen molar-refractivity contribution in [1.29, 1.82) is 0 Å². The van der Waals surface area contributed by atoms with Crippen LogP contribution < -0.4 is 0 Å². The van der Waals surface area contributed by atoms with E-state index in [2.05, 4.69) is 202 Å². The summed E-state index contributed by atoms with van der Waals surface area (Å²) in [4.78, 5) is 0. The minimum atomic E-state index is 0.793. The van der Waals surface area contributed by atoms with E-state index in [0.29, 0.717) is 0 Å². The van der Waals surface area contributed by atoms with E-state index in [9.17, 15) is 0 Å². The van der Waals surface area contributed by atoms with Crippen LogP contribution in [0, 0.1) is 0 Å². The SMILES string of the molecule is c1ccc(-c2nnc(-c3ccccc3)n2-c2cccc3c2c2ccccc2n3-c2cccc(-c3cccc(-n4c5ccccc5c5cc6oc7ccccc7c6cc54)c3)c2)cc1. The van der Waals surface area contributed by atoms with Gasteiger partial charge in [-0.2, -0.15) is 0 Å². The van der Waals surface area contributed by atoms with Gasteiger partial charge in [-0.25, -0.2) is 0 Å². The lowest BCUT2D eigenvalue weighted by Gasteiger charge is -2.14. The summed E-state index contributed by atoms with van der Waals surface area (Å²) in [5.74, 6) is 1.59. The largest absolute Gasteiger partial charge is 0.456 e. The summed E-state index contributed by atoms with van der Waals surface area (Å²) < 4.78 is 13.4. The minimum absolute atomic E-state index is 0.793. The van der Waals surface area contributed by atoms with Gasteiger partial charge in [0.1, 0.15) is 11.2 Å². The number of aromatic nitrogens is 5. The molecule has 0 unspecified atom stereocenters. The molecule has 0 amide bonds. The molecule has 9 aromatic carbocycles. The molecular formula is C56H35N5O. The molecule has 0 radical (unpaired) electrons. The van der Waals surface area contributed by atoms with Gasteiger partial charge in [0.15, 0.2) is 11.6 Å². The summed E-state index contributed by atoms with van der Waals surface area (Å²) in [5.41, 5.74) is 13.8. The molecule has 0 fully saturated rings. The molecule has 0 N–H and O–H groups in total. The van der Waals surface area contributed by atoms with Crippen molar-refractivity contribution in [2.24, 2.45) is 0 Å².